The third-order valence-electron chi connectivity index (χ3n) is 0.607. The molecule has 0 aliphatic carbocycles. The first kappa shape index (κ1) is 22.6. The van der Waals surface area contributed by atoms with Gasteiger partial charge in [0.25, 0.3) is 0 Å². The van der Waals surface area contributed by atoms with E-state index >= 15 is 0 Å². The van der Waals surface area contributed by atoms with E-state index in [-0.39, 0.29) is 27.8 Å². The van der Waals surface area contributed by atoms with Crippen LogP contribution in [0.5, 0.6) is 0 Å². The van der Waals surface area contributed by atoms with Crippen molar-refractivity contribution in [3.63, 3.8) is 0 Å². The molecular weight excluding hydrogens is 318 g/mol. The smallest absolute Gasteiger partial charge is 0 e. The van der Waals surface area contributed by atoms with E-state index in [1.54, 1.807) is 0 Å². The molecule has 0 saturated heterocycles. The molecule has 0 spiro atoms. The Hall–Kier alpha value is -0.118. The summed E-state index contributed by atoms with van der Waals surface area (Å²) in [5.41, 5.74) is 0. The van der Waals surface area contributed by atoms with Gasteiger partial charge < -0.3 is 7.43 Å². The van der Waals surface area contributed by atoms with Crippen LogP contribution in [0.4, 0.5) is 0 Å². The Bertz CT molecular complexity index is 76.9. The zero-order valence-electron chi connectivity index (χ0n) is 8.76. The Morgan fingerprint density at radius 3 is 1.17 bits per heavy atom. The van der Waals surface area contributed by atoms with Crippen LogP contribution in [0.15, 0.2) is 30.3 Å². The summed E-state index contributed by atoms with van der Waals surface area (Å²) in [7, 11) is 0. The Labute approximate surface area is 92.1 Å². The second-order valence-electron chi connectivity index (χ2n) is 1.08. The number of rotatable bonds is 0. The fourth-order valence-corrected chi connectivity index (χ4v) is 0.342. The average molecular weight is 338 g/mol. The molecule has 0 saturated carbocycles. The molecule has 0 bridgehead atoms. The molecule has 1 rings (SSSR count). The summed E-state index contributed by atoms with van der Waals surface area (Å²) in [6.45, 7) is 8.00. The molecule has 0 aromatic heterocycles. The van der Waals surface area contributed by atoms with Crippen LogP contribution >= 0.6 is 0 Å². The van der Waals surface area contributed by atoms with Crippen LogP contribution in [-0.4, -0.2) is 0 Å². The zero-order valence-corrected chi connectivity index (χ0v) is 11.5. The molecule has 1 heteroatoms. The van der Waals surface area contributed by atoms with Gasteiger partial charge >= 0.3 is 0 Å². The van der Waals surface area contributed by atoms with Gasteiger partial charge in [-0.05, 0) is 0 Å². The third-order valence-corrected chi connectivity index (χ3v) is 0.607. The monoisotopic (exact) mass is 339 g/mol. The van der Waals surface area contributed by atoms with Gasteiger partial charge in [-0.3, -0.25) is 0 Å². The summed E-state index contributed by atoms with van der Waals surface area (Å²) >= 11 is 0. The molecule has 73 valence electrons. The van der Waals surface area contributed by atoms with Crippen molar-refractivity contribution in [2.75, 3.05) is 0 Å². The Morgan fingerprint density at radius 1 is 0.750 bits per heavy atom. The molecule has 1 aromatic carbocycles. The average Bonchev–Trinajstić information content (AvgIpc) is 2.14. The van der Waals surface area contributed by atoms with Crippen LogP contribution in [0.3, 0.4) is 0 Å². The van der Waals surface area contributed by atoms with E-state index in [1.165, 1.54) is 0 Å². The van der Waals surface area contributed by atoms with Crippen LogP contribution in [-0.2, 0) is 20.4 Å². The van der Waals surface area contributed by atoms with Crippen molar-refractivity contribution in [2.24, 2.45) is 0 Å². The van der Waals surface area contributed by atoms with Crippen molar-refractivity contribution in [1.82, 2.24) is 0 Å². The summed E-state index contributed by atoms with van der Waals surface area (Å²) < 4.78 is 0. The Morgan fingerprint density at radius 2 is 1.08 bits per heavy atom. The van der Waals surface area contributed by atoms with E-state index in [9.17, 15) is 0 Å². The van der Waals surface area contributed by atoms with Crippen molar-refractivity contribution in [3.05, 3.63) is 43.8 Å². The minimum atomic E-state index is 0. The van der Waals surface area contributed by atoms with E-state index in [2.05, 4.69) is 6.07 Å². The first-order valence-electron chi connectivity index (χ1n) is 3.91. The first-order chi connectivity index (χ1) is 5.00. The van der Waals surface area contributed by atoms with E-state index in [1.807, 2.05) is 58.0 Å². The van der Waals surface area contributed by atoms with Crippen molar-refractivity contribution in [1.29, 1.82) is 0 Å². The maximum absolute atomic E-state index is 2.89. The van der Waals surface area contributed by atoms with Gasteiger partial charge in [0, 0.05) is 20.4 Å². The van der Waals surface area contributed by atoms with Gasteiger partial charge in [0.1, 0.15) is 0 Å². The molecule has 12 heavy (non-hydrogen) atoms. The molecule has 0 heterocycles. The van der Waals surface area contributed by atoms with Crippen LogP contribution in [0.1, 0.15) is 27.7 Å². The predicted molar refractivity (Wildman–Crippen MR) is 54.4 cm³/mol. The molecule has 0 N–H and O–H groups in total. The van der Waals surface area contributed by atoms with E-state index < -0.39 is 0 Å². The normalized spacial score (nSPS) is 5.00. The van der Waals surface area contributed by atoms with E-state index in [0.29, 0.717) is 0 Å². The summed E-state index contributed by atoms with van der Waals surface area (Å²) in [6, 6.07) is 12.5. The van der Waals surface area contributed by atoms with Crippen LogP contribution in [0.2, 0.25) is 0 Å². The second kappa shape index (κ2) is 30.7. The van der Waals surface area contributed by atoms with Gasteiger partial charge in [-0.1, -0.05) is 27.7 Å². The SMILES string of the molecule is CC.CC.[CH3-].[Re].[c-]1ccccc1. The molecule has 0 atom stereocenters. The summed E-state index contributed by atoms with van der Waals surface area (Å²) in [5.74, 6) is 0. The van der Waals surface area contributed by atoms with Crippen LogP contribution < -0.4 is 0 Å². The molecule has 0 unspecified atom stereocenters. The first-order valence-corrected chi connectivity index (χ1v) is 3.91. The number of hydrogen-bond donors (Lipinski definition) is 0. The van der Waals surface area contributed by atoms with Gasteiger partial charge in [0.2, 0.25) is 0 Å². The van der Waals surface area contributed by atoms with Crippen molar-refractivity contribution >= 4 is 0 Å². The third kappa shape index (κ3) is 22.5. The zero-order chi connectivity index (χ0) is 8.24. The quantitative estimate of drug-likeness (QED) is 0.628. The predicted octanol–water partition coefficient (Wildman–Crippen LogP) is 3.99. The summed E-state index contributed by atoms with van der Waals surface area (Å²) in [6.07, 6.45) is 0. The number of benzene rings is 1. The standard InChI is InChI=1S/C6H5.2C2H6.CH3.Re/c1-2-4-6-5-3-1;2*1-2;;/h1-5H;2*1-2H3;1H3;/q-1;;;-1;. The van der Waals surface area contributed by atoms with Crippen LogP contribution in [0, 0.1) is 13.5 Å². The van der Waals surface area contributed by atoms with E-state index in [0.717, 1.165) is 0 Å². The molecule has 0 aliphatic rings. The van der Waals surface area contributed by atoms with Gasteiger partial charge in [-0.25, -0.2) is 0 Å². The molecule has 1 aromatic rings. The molecular formula is C11H20Re-2. The van der Waals surface area contributed by atoms with Gasteiger partial charge in [0.05, 0.1) is 0 Å². The van der Waals surface area contributed by atoms with Gasteiger partial charge in [0.15, 0.2) is 0 Å². The fourth-order valence-electron chi connectivity index (χ4n) is 0.342. The van der Waals surface area contributed by atoms with Gasteiger partial charge in [-0.15, -0.1) is 0 Å². The minimum Gasteiger partial charge on any atom is -0.358 e. The largest absolute Gasteiger partial charge is 0.358 e. The Kier molecular flexibility index (Phi) is 58.0. The maximum Gasteiger partial charge on any atom is 0 e. The Balaban J connectivity index is -0.0000000480. The fraction of sp³-hybridized carbons (Fsp3) is 0.364. The van der Waals surface area contributed by atoms with Crippen LogP contribution in [0.25, 0.3) is 0 Å². The summed E-state index contributed by atoms with van der Waals surface area (Å²) in [4.78, 5) is 0. The minimum absolute atomic E-state index is 0. The molecule has 1 radical (unpaired) electrons. The van der Waals surface area contributed by atoms with Crippen molar-refractivity contribution in [2.45, 2.75) is 27.7 Å². The second-order valence-corrected chi connectivity index (χ2v) is 1.08. The van der Waals surface area contributed by atoms with Crippen molar-refractivity contribution < 1.29 is 20.4 Å². The molecule has 0 aliphatic heterocycles. The summed E-state index contributed by atoms with van der Waals surface area (Å²) in [5, 5.41) is 0. The molecule has 0 nitrogen and oxygen atoms in total. The molecule has 0 fully saturated rings. The van der Waals surface area contributed by atoms with Crippen molar-refractivity contribution in [3.8, 4) is 0 Å². The van der Waals surface area contributed by atoms with E-state index in [4.69, 9.17) is 0 Å². The topological polar surface area (TPSA) is 0 Å². The maximum atomic E-state index is 2.89. The number of hydrogen-bond acceptors (Lipinski definition) is 0. The van der Waals surface area contributed by atoms with Gasteiger partial charge in [-0.2, -0.15) is 36.4 Å². The molecule has 0 amide bonds.